The van der Waals surface area contributed by atoms with Crippen LogP contribution < -0.4 is 16.2 Å². The predicted molar refractivity (Wildman–Crippen MR) is 67.5 cm³/mol. The topological polar surface area (TPSA) is 117 Å². The summed E-state index contributed by atoms with van der Waals surface area (Å²) in [6, 6.07) is -0.525. The largest absolute Gasteiger partial charge is 0.548 e. The zero-order valence-electron chi connectivity index (χ0n) is 11.1. The third kappa shape index (κ3) is 8.32. The van der Waals surface area contributed by atoms with E-state index in [1.165, 1.54) is 11.8 Å². The molecule has 5 N–H and O–H groups in total. The molecule has 0 heterocycles. The molecule has 106 valence electrons. The van der Waals surface area contributed by atoms with Gasteiger partial charge in [0.1, 0.15) is 0 Å². The molecule has 18 heavy (non-hydrogen) atoms. The normalized spacial score (nSPS) is 14.9. The lowest BCUT2D eigenvalue weighted by atomic mass is 10.1. The number of carboxylic acids is 1. The summed E-state index contributed by atoms with van der Waals surface area (Å²) in [5.74, 6) is -1.25. The van der Waals surface area contributed by atoms with Crippen LogP contribution in [0.5, 0.6) is 0 Å². The highest BCUT2D eigenvalue weighted by molar-refractivity contribution is 8.00. The number of aliphatic hydroxyl groups is 1. The molecule has 0 aromatic carbocycles. The summed E-state index contributed by atoms with van der Waals surface area (Å²) in [5, 5.41) is 21.7. The zero-order valence-corrected chi connectivity index (χ0v) is 11.9. The summed E-state index contributed by atoms with van der Waals surface area (Å²) in [6.45, 7) is 5.19. The summed E-state index contributed by atoms with van der Waals surface area (Å²) in [4.78, 5) is 21.6. The van der Waals surface area contributed by atoms with E-state index in [0.29, 0.717) is 12.2 Å². The van der Waals surface area contributed by atoms with Gasteiger partial charge in [0.2, 0.25) is 0 Å². The highest BCUT2D eigenvalue weighted by Gasteiger charge is 2.25. The van der Waals surface area contributed by atoms with Crippen LogP contribution in [0.25, 0.3) is 0 Å². The van der Waals surface area contributed by atoms with Crippen LogP contribution in [0.15, 0.2) is 0 Å². The maximum Gasteiger partial charge on any atom is 0.279 e. The number of hydrogen-bond donors (Lipinski definition) is 3. The number of carbonyl (C=O) groups is 2. The number of amides is 1. The van der Waals surface area contributed by atoms with Gasteiger partial charge in [-0.15, -0.1) is 11.8 Å². The van der Waals surface area contributed by atoms with Crippen molar-refractivity contribution in [1.82, 2.24) is 5.32 Å². The van der Waals surface area contributed by atoms with Crippen molar-refractivity contribution in [3.63, 3.8) is 0 Å². The van der Waals surface area contributed by atoms with E-state index in [0.717, 1.165) is 0 Å². The van der Waals surface area contributed by atoms with Crippen molar-refractivity contribution >= 4 is 23.6 Å². The van der Waals surface area contributed by atoms with Crippen LogP contribution in [0, 0.1) is 0 Å². The van der Waals surface area contributed by atoms with Crippen molar-refractivity contribution in [1.29, 1.82) is 0 Å². The van der Waals surface area contributed by atoms with Crippen molar-refractivity contribution in [2.24, 2.45) is 0 Å². The molecule has 7 heteroatoms. The molecule has 0 fully saturated rings. The average Bonchev–Trinajstić information content (AvgIpc) is 2.20. The second-order valence-electron chi connectivity index (χ2n) is 4.91. The lowest BCUT2D eigenvalue weighted by molar-refractivity contribution is -0.396. The molecule has 0 aromatic heterocycles. The van der Waals surface area contributed by atoms with Crippen molar-refractivity contribution in [3.8, 4) is 0 Å². The average molecular weight is 278 g/mol. The molecule has 0 aliphatic carbocycles. The molecule has 1 amide bonds. The van der Waals surface area contributed by atoms with Crippen LogP contribution in [-0.2, 0) is 9.59 Å². The van der Waals surface area contributed by atoms with Crippen molar-refractivity contribution < 1.29 is 25.5 Å². The van der Waals surface area contributed by atoms with Gasteiger partial charge in [-0.05, 0) is 13.3 Å². The Labute approximate surface area is 111 Å². The van der Waals surface area contributed by atoms with Gasteiger partial charge in [-0.1, -0.05) is 13.8 Å². The smallest absolute Gasteiger partial charge is 0.279 e. The lowest BCUT2D eigenvalue weighted by Crippen LogP contribution is -2.69. The molecule has 0 aliphatic heterocycles. The zero-order chi connectivity index (χ0) is 14.3. The standard InChI is InChI=1S/C11H22N2O4S/c1-7(14)4-11(2,3)18-6-8(12)10(17)13-5-9(15)16/h7-8,14H,4-6,12H2,1-3H3,(H,13,17)(H,15,16)/t7?,8-/m0/s1. The maximum atomic E-state index is 11.5. The Hall–Kier alpha value is -0.790. The van der Waals surface area contributed by atoms with Gasteiger partial charge in [0.05, 0.1) is 24.4 Å². The Morgan fingerprint density at radius 3 is 2.50 bits per heavy atom. The third-order valence-corrected chi connectivity index (χ3v) is 3.76. The number of hydrogen-bond acceptors (Lipinski definition) is 5. The van der Waals surface area contributed by atoms with Crippen LogP contribution in [0.1, 0.15) is 27.2 Å². The van der Waals surface area contributed by atoms with E-state index < -0.39 is 30.6 Å². The summed E-state index contributed by atoms with van der Waals surface area (Å²) < 4.78 is -0.154. The van der Waals surface area contributed by atoms with Gasteiger partial charge in [0.15, 0.2) is 6.04 Å². The number of thioether (sulfide) groups is 1. The van der Waals surface area contributed by atoms with E-state index in [1.807, 2.05) is 13.8 Å². The first kappa shape index (κ1) is 17.2. The molecule has 0 radical (unpaired) electrons. The molecule has 1 unspecified atom stereocenters. The number of rotatable bonds is 8. The quantitative estimate of drug-likeness (QED) is 0.463. The van der Waals surface area contributed by atoms with E-state index in [1.54, 1.807) is 6.92 Å². The Balaban J connectivity index is 4.04. The van der Waals surface area contributed by atoms with E-state index in [4.69, 9.17) is 0 Å². The van der Waals surface area contributed by atoms with Gasteiger partial charge in [-0.3, -0.25) is 4.79 Å². The molecule has 0 spiro atoms. The number of aliphatic hydroxyl groups excluding tert-OH is 1. The van der Waals surface area contributed by atoms with Crippen molar-refractivity contribution in [2.45, 2.75) is 44.1 Å². The second-order valence-corrected chi connectivity index (χ2v) is 6.64. The monoisotopic (exact) mass is 278 g/mol. The fraction of sp³-hybridized carbons (Fsp3) is 0.818. The van der Waals surface area contributed by atoms with Crippen LogP contribution in [0.2, 0.25) is 0 Å². The molecule has 0 rings (SSSR count). The summed E-state index contributed by atoms with van der Waals surface area (Å²) in [7, 11) is 0. The Bertz CT molecular complexity index is 295. The van der Waals surface area contributed by atoms with Crippen molar-refractivity contribution in [3.05, 3.63) is 0 Å². The molecule has 6 nitrogen and oxygen atoms in total. The van der Waals surface area contributed by atoms with Gasteiger partial charge >= 0.3 is 0 Å². The van der Waals surface area contributed by atoms with Gasteiger partial charge in [-0.2, -0.15) is 0 Å². The summed E-state index contributed by atoms with van der Waals surface area (Å²) >= 11 is 1.53. The third-order valence-electron chi connectivity index (χ3n) is 2.24. The minimum atomic E-state index is -1.32. The molecule has 0 aromatic rings. The number of carbonyl (C=O) groups excluding carboxylic acids is 2. The summed E-state index contributed by atoms with van der Waals surface area (Å²) in [5.41, 5.74) is 3.69. The van der Waals surface area contributed by atoms with Crippen LogP contribution in [0.4, 0.5) is 0 Å². The highest BCUT2D eigenvalue weighted by atomic mass is 32.2. The van der Waals surface area contributed by atoms with Gasteiger partial charge < -0.3 is 26.1 Å². The first-order valence-electron chi connectivity index (χ1n) is 5.76. The first-order chi connectivity index (χ1) is 8.14. The van der Waals surface area contributed by atoms with E-state index in [2.05, 4.69) is 11.1 Å². The molecular formula is C11H22N2O4S. The molecule has 2 atom stereocenters. The predicted octanol–water partition coefficient (Wildman–Crippen LogP) is -2.25. The number of nitrogens with one attached hydrogen (secondary N) is 1. The summed E-state index contributed by atoms with van der Waals surface area (Å²) in [6.07, 6.45) is 0.216. The van der Waals surface area contributed by atoms with Gasteiger partial charge in [-0.25, -0.2) is 0 Å². The second kappa shape index (κ2) is 7.60. The minimum Gasteiger partial charge on any atom is -0.548 e. The Kier molecular flexibility index (Phi) is 7.27. The Morgan fingerprint density at radius 2 is 2.06 bits per heavy atom. The molecule has 0 saturated carbocycles. The fourth-order valence-corrected chi connectivity index (χ4v) is 2.64. The molecule has 0 bridgehead atoms. The van der Waals surface area contributed by atoms with Crippen molar-refractivity contribution in [2.75, 3.05) is 12.3 Å². The highest BCUT2D eigenvalue weighted by Crippen LogP contribution is 2.29. The van der Waals surface area contributed by atoms with E-state index in [-0.39, 0.29) is 4.75 Å². The van der Waals surface area contributed by atoms with Gasteiger partial charge in [0, 0.05) is 4.75 Å². The van der Waals surface area contributed by atoms with Crippen LogP contribution in [0.3, 0.4) is 0 Å². The molecule has 0 aliphatic rings. The maximum absolute atomic E-state index is 11.5. The van der Waals surface area contributed by atoms with E-state index >= 15 is 0 Å². The minimum absolute atomic E-state index is 0.154. The van der Waals surface area contributed by atoms with Gasteiger partial charge in [0.25, 0.3) is 5.91 Å². The first-order valence-corrected chi connectivity index (χ1v) is 6.75. The van der Waals surface area contributed by atoms with E-state index in [9.17, 15) is 19.8 Å². The molecular weight excluding hydrogens is 256 g/mol. The van der Waals surface area contributed by atoms with Crippen LogP contribution >= 0.6 is 11.8 Å². The number of carboxylic acid groups (broad SMARTS) is 1. The SMILES string of the molecule is CC(O)CC(C)(C)SC[C@H]([NH3+])C(=O)NCC(=O)[O-]. The van der Waals surface area contributed by atoms with Crippen LogP contribution in [-0.4, -0.2) is 46.2 Å². The molecule has 0 saturated heterocycles. The number of aliphatic carboxylic acids is 1. The Morgan fingerprint density at radius 1 is 1.50 bits per heavy atom. The number of quaternary nitrogens is 1. The fourth-order valence-electron chi connectivity index (χ4n) is 1.48. The lowest BCUT2D eigenvalue weighted by Gasteiger charge is -2.26.